The van der Waals surface area contributed by atoms with Gasteiger partial charge in [-0.25, -0.2) is 9.97 Å². The molecule has 3 aliphatic rings. The zero-order valence-corrected chi connectivity index (χ0v) is 29.1. The van der Waals surface area contributed by atoms with E-state index < -0.39 is 17.7 Å². The third kappa shape index (κ3) is 7.99. The van der Waals surface area contributed by atoms with Crippen molar-refractivity contribution < 1.29 is 32.5 Å². The minimum atomic E-state index is -4.52. The van der Waals surface area contributed by atoms with Crippen LogP contribution in [0.4, 0.5) is 18.9 Å². The fourth-order valence-electron chi connectivity index (χ4n) is 7.84. The maximum absolute atomic E-state index is 14.2. The van der Waals surface area contributed by atoms with Gasteiger partial charge in [-0.1, -0.05) is 12.8 Å². The first kappa shape index (κ1) is 35.2. The van der Waals surface area contributed by atoms with Gasteiger partial charge in [0.05, 0.1) is 35.7 Å². The quantitative estimate of drug-likeness (QED) is 0.145. The number of aromatic nitrogens is 4. The molecule has 1 aromatic carbocycles. The Hall–Kier alpha value is -4.23. The summed E-state index contributed by atoms with van der Waals surface area (Å²) in [5, 5.41) is 8.97. The number of piperidine rings is 1. The standard InChI is InChI=1S/C38H45F3N6O4/c1-46(22-37(23-50-2)14-3-4-15-37)31-20-30(26-19-29(38(39,40)41)33(42-21-26)24-5-6-24)43-36-34(31)44-35(45-36)25-7-9-27(10-8-25)51-28-11-16-47(17-12-28)18-13-32(48)49/h7-10,19-21,24,28H,3-6,11-18,22-23H2,1-2H3,(H,48,49)(H,43,44,45). The van der Waals surface area contributed by atoms with E-state index in [9.17, 15) is 18.0 Å². The molecule has 4 heterocycles. The van der Waals surface area contributed by atoms with Gasteiger partial charge in [0.1, 0.15) is 23.2 Å². The van der Waals surface area contributed by atoms with Crippen LogP contribution in [0.1, 0.15) is 75.0 Å². The lowest BCUT2D eigenvalue weighted by atomic mass is 9.86. The van der Waals surface area contributed by atoms with E-state index in [-0.39, 0.29) is 29.6 Å². The first-order valence-electron chi connectivity index (χ1n) is 17.9. The molecule has 4 aromatic rings. The number of carboxylic acids is 1. The summed E-state index contributed by atoms with van der Waals surface area (Å²) in [6.07, 6.45) is 4.62. The van der Waals surface area contributed by atoms with Crippen LogP contribution in [0.15, 0.2) is 42.6 Å². The van der Waals surface area contributed by atoms with Gasteiger partial charge >= 0.3 is 12.1 Å². The Morgan fingerprint density at radius 2 is 1.78 bits per heavy atom. The number of benzene rings is 1. The maximum atomic E-state index is 14.2. The average molecular weight is 707 g/mol. The van der Waals surface area contributed by atoms with Gasteiger partial charge in [-0.3, -0.25) is 9.78 Å². The number of aliphatic carboxylic acids is 1. The lowest BCUT2D eigenvalue weighted by molar-refractivity contribution is -0.139. The second-order valence-electron chi connectivity index (χ2n) is 14.6. The first-order chi connectivity index (χ1) is 24.5. The smallest absolute Gasteiger partial charge is 0.418 e. The van der Waals surface area contributed by atoms with Crippen molar-refractivity contribution in [2.75, 3.05) is 51.8 Å². The monoisotopic (exact) mass is 706 g/mol. The molecular weight excluding hydrogens is 661 g/mol. The largest absolute Gasteiger partial charge is 0.490 e. The number of likely N-dealkylation sites (tertiary alicyclic amines) is 1. The van der Waals surface area contributed by atoms with E-state index in [1.807, 2.05) is 37.4 Å². The Balaban J connectivity index is 1.18. The summed E-state index contributed by atoms with van der Waals surface area (Å²) < 4.78 is 54.6. The number of halogens is 3. The summed E-state index contributed by atoms with van der Waals surface area (Å²) in [7, 11) is 3.73. The molecule has 51 heavy (non-hydrogen) atoms. The van der Waals surface area contributed by atoms with Crippen molar-refractivity contribution in [3.8, 4) is 28.4 Å². The highest BCUT2D eigenvalue weighted by atomic mass is 19.4. The number of alkyl halides is 3. The summed E-state index contributed by atoms with van der Waals surface area (Å²) in [5.41, 5.74) is 2.81. The zero-order chi connectivity index (χ0) is 35.8. The second kappa shape index (κ2) is 14.4. The molecule has 0 bridgehead atoms. The fourth-order valence-corrected chi connectivity index (χ4v) is 7.84. The lowest BCUT2D eigenvalue weighted by Crippen LogP contribution is -2.39. The van der Waals surface area contributed by atoms with Crippen LogP contribution >= 0.6 is 0 Å². The molecule has 0 atom stereocenters. The van der Waals surface area contributed by atoms with Crippen LogP contribution in [-0.2, 0) is 15.7 Å². The van der Waals surface area contributed by atoms with Crippen LogP contribution in [0.3, 0.4) is 0 Å². The number of carbonyl (C=O) groups is 1. The van der Waals surface area contributed by atoms with E-state index in [2.05, 4.69) is 19.8 Å². The van der Waals surface area contributed by atoms with E-state index in [0.29, 0.717) is 47.9 Å². The highest BCUT2D eigenvalue weighted by molar-refractivity contribution is 5.91. The van der Waals surface area contributed by atoms with E-state index in [1.54, 1.807) is 7.11 Å². The number of nitrogens with one attached hydrogen (secondary N) is 1. The zero-order valence-electron chi connectivity index (χ0n) is 29.1. The predicted octanol–water partition coefficient (Wildman–Crippen LogP) is 7.54. The molecular formula is C38H45F3N6O4. The van der Waals surface area contributed by atoms with Gasteiger partial charge in [0, 0.05) is 69.0 Å². The van der Waals surface area contributed by atoms with Gasteiger partial charge in [0.25, 0.3) is 0 Å². The Labute approximate surface area is 295 Å². The van der Waals surface area contributed by atoms with E-state index in [0.717, 1.165) is 81.5 Å². The Morgan fingerprint density at radius 1 is 1.06 bits per heavy atom. The van der Waals surface area contributed by atoms with E-state index in [1.165, 1.54) is 12.3 Å². The molecule has 272 valence electrons. The van der Waals surface area contributed by atoms with Gasteiger partial charge in [0.15, 0.2) is 5.65 Å². The summed E-state index contributed by atoms with van der Waals surface area (Å²) in [6.45, 7) is 3.49. The summed E-state index contributed by atoms with van der Waals surface area (Å²) in [6, 6.07) is 10.7. The molecule has 1 aliphatic heterocycles. The number of methoxy groups -OCH3 is 1. The van der Waals surface area contributed by atoms with Crippen molar-refractivity contribution in [1.29, 1.82) is 0 Å². The van der Waals surface area contributed by atoms with Crippen molar-refractivity contribution in [3.05, 3.63) is 53.9 Å². The van der Waals surface area contributed by atoms with Crippen LogP contribution in [0.25, 0.3) is 33.8 Å². The molecule has 2 saturated carbocycles. The topological polar surface area (TPSA) is 117 Å². The van der Waals surface area contributed by atoms with Crippen LogP contribution in [0, 0.1) is 5.41 Å². The van der Waals surface area contributed by atoms with E-state index in [4.69, 9.17) is 24.5 Å². The van der Waals surface area contributed by atoms with Crippen molar-refractivity contribution >= 4 is 22.8 Å². The van der Waals surface area contributed by atoms with Gasteiger partial charge in [-0.05, 0) is 74.9 Å². The number of hydrogen-bond acceptors (Lipinski definition) is 8. The molecule has 13 heteroatoms. The predicted molar refractivity (Wildman–Crippen MR) is 188 cm³/mol. The SMILES string of the molecule is COCC1(CN(C)c2cc(-c3cnc(C4CC4)c(C(F)(F)F)c3)nc3nc(-c4ccc(OC5CCN(CCC(=O)O)CC5)cc4)[nH]c23)CCCC1. The number of rotatable bonds is 13. The van der Waals surface area contributed by atoms with Gasteiger partial charge in [0.2, 0.25) is 0 Å². The Kier molecular flexibility index (Phi) is 9.95. The van der Waals surface area contributed by atoms with Crippen molar-refractivity contribution in [1.82, 2.24) is 24.8 Å². The van der Waals surface area contributed by atoms with Gasteiger partial charge < -0.3 is 29.4 Å². The summed E-state index contributed by atoms with van der Waals surface area (Å²) >= 11 is 0. The van der Waals surface area contributed by atoms with Crippen molar-refractivity contribution in [2.24, 2.45) is 5.41 Å². The molecule has 2 aliphatic carbocycles. The normalized spacial score (nSPS) is 18.4. The molecule has 7 rings (SSSR count). The summed E-state index contributed by atoms with van der Waals surface area (Å²) in [4.78, 5) is 32.7. The lowest BCUT2D eigenvalue weighted by Gasteiger charge is -2.34. The number of nitrogens with zero attached hydrogens (tertiary/aromatic N) is 5. The molecule has 0 spiro atoms. The second-order valence-corrected chi connectivity index (χ2v) is 14.6. The number of pyridine rings is 2. The number of H-pyrrole nitrogens is 1. The first-order valence-corrected chi connectivity index (χ1v) is 17.9. The minimum Gasteiger partial charge on any atom is -0.490 e. The van der Waals surface area contributed by atoms with Crippen LogP contribution in [0.5, 0.6) is 5.75 Å². The molecule has 0 radical (unpaired) electrons. The summed E-state index contributed by atoms with van der Waals surface area (Å²) in [5.74, 6) is 0.396. The number of hydrogen-bond donors (Lipinski definition) is 2. The highest BCUT2D eigenvalue weighted by Gasteiger charge is 2.40. The number of carboxylic acid groups (broad SMARTS) is 1. The molecule has 0 amide bonds. The molecule has 1 saturated heterocycles. The van der Waals surface area contributed by atoms with Crippen molar-refractivity contribution in [2.45, 2.75) is 76.0 Å². The third-order valence-electron chi connectivity index (χ3n) is 10.6. The number of imidazole rings is 1. The molecule has 3 aromatic heterocycles. The third-order valence-corrected chi connectivity index (χ3v) is 10.6. The van der Waals surface area contributed by atoms with Crippen molar-refractivity contribution in [3.63, 3.8) is 0 Å². The molecule has 3 fully saturated rings. The molecule has 10 nitrogen and oxygen atoms in total. The van der Waals surface area contributed by atoms with Crippen LogP contribution < -0.4 is 9.64 Å². The minimum absolute atomic E-state index is 0.0239. The maximum Gasteiger partial charge on any atom is 0.418 e. The fraction of sp³-hybridized carbons (Fsp3) is 0.526. The molecule has 0 unspecified atom stereocenters. The number of aromatic amines is 1. The van der Waals surface area contributed by atoms with E-state index >= 15 is 0 Å². The number of fused-ring (bicyclic) bond motifs is 1. The van der Waals surface area contributed by atoms with Gasteiger partial charge in [-0.2, -0.15) is 13.2 Å². The Morgan fingerprint density at radius 3 is 2.43 bits per heavy atom. The Bertz CT molecular complexity index is 1840. The molecule has 2 N–H and O–H groups in total. The van der Waals surface area contributed by atoms with Crippen LogP contribution in [0.2, 0.25) is 0 Å². The number of ether oxygens (including phenoxy) is 2. The number of anilines is 1. The van der Waals surface area contributed by atoms with Gasteiger partial charge in [-0.15, -0.1) is 0 Å². The highest BCUT2D eigenvalue weighted by Crippen LogP contribution is 2.46. The average Bonchev–Trinajstić information content (AvgIpc) is 3.71. The van der Waals surface area contributed by atoms with Crippen LogP contribution in [-0.4, -0.2) is 89.0 Å².